The minimum absolute atomic E-state index is 0.00929. The van der Waals surface area contributed by atoms with Gasteiger partial charge in [-0.05, 0) is 31.2 Å². The summed E-state index contributed by atoms with van der Waals surface area (Å²) in [5, 5.41) is 7.94. The number of rotatable bonds is 6. The topological polar surface area (TPSA) is 96.5 Å². The average molecular weight is 411 g/mol. The number of amides is 3. The minimum atomic E-state index is -0.598. The van der Waals surface area contributed by atoms with Crippen LogP contribution in [0.2, 0.25) is 0 Å². The SMILES string of the molecule is COc1cccc(NC(=O)CC2S/C(=C\C(=O)Nc3ccc(C)cc3)NC2=O)c1. The van der Waals surface area contributed by atoms with Gasteiger partial charge in [0.05, 0.1) is 17.4 Å². The lowest BCUT2D eigenvalue weighted by Crippen LogP contribution is -2.26. The monoisotopic (exact) mass is 411 g/mol. The van der Waals surface area contributed by atoms with Gasteiger partial charge in [-0.25, -0.2) is 0 Å². The number of hydrogen-bond acceptors (Lipinski definition) is 5. The maximum Gasteiger partial charge on any atom is 0.250 e. The molecular formula is C21H21N3O4S. The second kappa shape index (κ2) is 9.29. The molecule has 2 aromatic rings. The molecule has 0 bridgehead atoms. The van der Waals surface area contributed by atoms with E-state index < -0.39 is 5.25 Å². The molecule has 29 heavy (non-hydrogen) atoms. The first-order valence-corrected chi connectivity index (χ1v) is 9.81. The summed E-state index contributed by atoms with van der Waals surface area (Å²) >= 11 is 1.16. The van der Waals surface area contributed by atoms with Gasteiger partial charge >= 0.3 is 0 Å². The summed E-state index contributed by atoms with van der Waals surface area (Å²) in [6.07, 6.45) is 1.31. The number of anilines is 2. The van der Waals surface area contributed by atoms with Crippen LogP contribution in [-0.2, 0) is 14.4 Å². The lowest BCUT2D eigenvalue weighted by Gasteiger charge is -2.08. The Hall–Kier alpha value is -3.26. The number of carbonyl (C=O) groups is 3. The quantitative estimate of drug-likeness (QED) is 0.635. The van der Waals surface area contributed by atoms with Crippen molar-refractivity contribution in [2.24, 2.45) is 0 Å². The van der Waals surface area contributed by atoms with Crippen LogP contribution < -0.4 is 20.7 Å². The average Bonchev–Trinajstić information content (AvgIpc) is 3.02. The third-order valence-corrected chi connectivity index (χ3v) is 5.25. The third kappa shape index (κ3) is 5.86. The number of ether oxygens (including phenoxy) is 1. The molecule has 0 aromatic heterocycles. The molecule has 2 aromatic carbocycles. The van der Waals surface area contributed by atoms with Crippen LogP contribution in [0.1, 0.15) is 12.0 Å². The molecule has 1 unspecified atom stereocenters. The highest BCUT2D eigenvalue weighted by Gasteiger charge is 2.31. The molecular weight excluding hydrogens is 390 g/mol. The van der Waals surface area contributed by atoms with Gasteiger partial charge < -0.3 is 20.7 Å². The highest BCUT2D eigenvalue weighted by Crippen LogP contribution is 2.29. The molecule has 150 valence electrons. The fraction of sp³-hybridized carbons (Fsp3) is 0.190. The van der Waals surface area contributed by atoms with Crippen LogP contribution in [-0.4, -0.2) is 30.1 Å². The van der Waals surface area contributed by atoms with Crippen molar-refractivity contribution >= 4 is 40.9 Å². The lowest BCUT2D eigenvalue weighted by atomic mass is 10.2. The van der Waals surface area contributed by atoms with Gasteiger partial charge in [0, 0.05) is 29.9 Å². The zero-order chi connectivity index (χ0) is 20.8. The Morgan fingerprint density at radius 2 is 1.90 bits per heavy atom. The van der Waals surface area contributed by atoms with Gasteiger partial charge in [0.2, 0.25) is 11.8 Å². The summed E-state index contributed by atoms with van der Waals surface area (Å²) < 4.78 is 5.12. The van der Waals surface area contributed by atoms with E-state index in [1.54, 1.807) is 43.5 Å². The molecule has 0 radical (unpaired) electrons. The van der Waals surface area contributed by atoms with Crippen LogP contribution in [0.5, 0.6) is 5.75 Å². The Bertz CT molecular complexity index is 957. The Labute approximate surface area is 172 Å². The molecule has 3 amide bonds. The van der Waals surface area contributed by atoms with E-state index in [9.17, 15) is 14.4 Å². The van der Waals surface area contributed by atoms with E-state index in [0.29, 0.717) is 22.2 Å². The van der Waals surface area contributed by atoms with E-state index in [2.05, 4.69) is 16.0 Å². The fourth-order valence-electron chi connectivity index (χ4n) is 2.66. The van der Waals surface area contributed by atoms with Crippen LogP contribution in [0, 0.1) is 6.92 Å². The number of aryl methyl sites for hydroxylation is 1. The number of nitrogens with one attached hydrogen (secondary N) is 3. The highest BCUT2D eigenvalue weighted by atomic mass is 32.2. The van der Waals surface area contributed by atoms with Crippen molar-refractivity contribution in [3.63, 3.8) is 0 Å². The van der Waals surface area contributed by atoms with Crippen LogP contribution >= 0.6 is 11.8 Å². The zero-order valence-corrected chi connectivity index (χ0v) is 16.8. The van der Waals surface area contributed by atoms with Gasteiger partial charge in [0.1, 0.15) is 5.75 Å². The smallest absolute Gasteiger partial charge is 0.250 e. The molecule has 8 heteroatoms. The number of hydrogen-bond donors (Lipinski definition) is 3. The summed E-state index contributed by atoms with van der Waals surface area (Å²) in [6.45, 7) is 1.96. The molecule has 1 aliphatic heterocycles. The first-order valence-electron chi connectivity index (χ1n) is 8.94. The maximum atomic E-state index is 12.3. The van der Waals surface area contributed by atoms with Crippen molar-refractivity contribution in [3.05, 3.63) is 65.2 Å². The largest absolute Gasteiger partial charge is 0.497 e. The summed E-state index contributed by atoms with van der Waals surface area (Å²) in [4.78, 5) is 36.6. The Morgan fingerprint density at radius 3 is 2.62 bits per heavy atom. The van der Waals surface area contributed by atoms with Crippen molar-refractivity contribution in [3.8, 4) is 5.75 Å². The molecule has 7 nitrogen and oxygen atoms in total. The lowest BCUT2D eigenvalue weighted by molar-refractivity contribution is -0.122. The molecule has 1 saturated heterocycles. The van der Waals surface area contributed by atoms with Gasteiger partial charge in [-0.1, -0.05) is 35.5 Å². The standard InChI is InChI=1S/C21H21N3O4S/c1-13-6-8-14(9-7-13)22-19(26)12-20-24-21(27)17(29-20)11-18(25)23-15-4-3-5-16(10-15)28-2/h3-10,12,17H,11H2,1-2H3,(H,22,26)(H,23,25)(H,24,27)/b20-12-. The van der Waals surface area contributed by atoms with Crippen molar-refractivity contribution in [1.82, 2.24) is 5.32 Å². The molecule has 0 saturated carbocycles. The van der Waals surface area contributed by atoms with E-state index in [4.69, 9.17) is 4.74 Å². The number of benzene rings is 2. The van der Waals surface area contributed by atoms with Crippen molar-refractivity contribution < 1.29 is 19.1 Å². The van der Waals surface area contributed by atoms with E-state index >= 15 is 0 Å². The van der Waals surface area contributed by atoms with Crippen molar-refractivity contribution in [1.29, 1.82) is 0 Å². The van der Waals surface area contributed by atoms with E-state index in [1.165, 1.54) is 6.08 Å². The Morgan fingerprint density at radius 1 is 1.14 bits per heavy atom. The molecule has 3 rings (SSSR count). The Balaban J connectivity index is 1.54. The molecule has 3 N–H and O–H groups in total. The molecule has 1 aliphatic rings. The van der Waals surface area contributed by atoms with Crippen LogP contribution in [0.3, 0.4) is 0 Å². The zero-order valence-electron chi connectivity index (χ0n) is 16.0. The van der Waals surface area contributed by atoms with Crippen molar-refractivity contribution in [2.45, 2.75) is 18.6 Å². The molecule has 1 atom stereocenters. The number of carbonyl (C=O) groups excluding carboxylic acids is 3. The van der Waals surface area contributed by atoms with Crippen LogP contribution in [0.15, 0.2) is 59.6 Å². The predicted octanol–water partition coefficient (Wildman–Crippen LogP) is 3.04. The van der Waals surface area contributed by atoms with Crippen molar-refractivity contribution in [2.75, 3.05) is 17.7 Å². The molecule has 1 heterocycles. The summed E-state index contributed by atoms with van der Waals surface area (Å²) in [7, 11) is 1.54. The first-order chi connectivity index (χ1) is 13.9. The predicted molar refractivity (Wildman–Crippen MR) is 114 cm³/mol. The van der Waals surface area contributed by atoms with E-state index in [-0.39, 0.29) is 24.1 Å². The number of thioether (sulfide) groups is 1. The minimum Gasteiger partial charge on any atom is -0.497 e. The number of methoxy groups -OCH3 is 1. The van der Waals surface area contributed by atoms with Crippen LogP contribution in [0.4, 0.5) is 11.4 Å². The van der Waals surface area contributed by atoms with Gasteiger partial charge in [-0.2, -0.15) is 0 Å². The molecule has 0 spiro atoms. The highest BCUT2D eigenvalue weighted by molar-refractivity contribution is 8.04. The summed E-state index contributed by atoms with van der Waals surface area (Å²) in [5.41, 5.74) is 2.35. The second-order valence-electron chi connectivity index (χ2n) is 6.44. The summed E-state index contributed by atoms with van der Waals surface area (Å²) in [5.74, 6) is -0.319. The first kappa shape index (κ1) is 20.5. The maximum absolute atomic E-state index is 12.3. The van der Waals surface area contributed by atoms with Gasteiger partial charge in [-0.3, -0.25) is 14.4 Å². The van der Waals surface area contributed by atoms with E-state index in [0.717, 1.165) is 17.3 Å². The van der Waals surface area contributed by atoms with Gasteiger partial charge in [0.15, 0.2) is 0 Å². The summed E-state index contributed by atoms with van der Waals surface area (Å²) in [6, 6.07) is 14.4. The third-order valence-electron chi connectivity index (χ3n) is 4.11. The van der Waals surface area contributed by atoms with Gasteiger partial charge in [-0.15, -0.1) is 0 Å². The normalized spacial score (nSPS) is 17.0. The fourth-order valence-corrected chi connectivity index (χ4v) is 3.70. The van der Waals surface area contributed by atoms with Crippen LogP contribution in [0.25, 0.3) is 0 Å². The Kier molecular flexibility index (Phi) is 6.56. The molecule has 1 fully saturated rings. The molecule has 0 aliphatic carbocycles. The second-order valence-corrected chi connectivity index (χ2v) is 7.69. The van der Waals surface area contributed by atoms with E-state index in [1.807, 2.05) is 19.1 Å². The van der Waals surface area contributed by atoms with Gasteiger partial charge in [0.25, 0.3) is 5.91 Å².